The van der Waals surface area contributed by atoms with E-state index >= 15 is 0 Å². The third-order valence-electron chi connectivity index (χ3n) is 7.23. The summed E-state index contributed by atoms with van der Waals surface area (Å²) in [4.78, 5) is 27.6. The topological polar surface area (TPSA) is 97.3 Å². The first-order valence-corrected chi connectivity index (χ1v) is 11.8. The van der Waals surface area contributed by atoms with Crippen LogP contribution in [0.2, 0.25) is 0 Å². The number of ether oxygens (including phenoxy) is 3. The van der Waals surface area contributed by atoms with Crippen LogP contribution in [0.3, 0.4) is 0 Å². The molecule has 8 heteroatoms. The van der Waals surface area contributed by atoms with Crippen LogP contribution in [0.4, 0.5) is 0 Å². The number of carbonyl (C=O) groups is 2. The van der Waals surface area contributed by atoms with Gasteiger partial charge < -0.3 is 24.6 Å². The Hall–Kier alpha value is -3.26. The number of hydrogen-bond acceptors (Lipinski definition) is 6. The summed E-state index contributed by atoms with van der Waals surface area (Å²) < 4.78 is 16.2. The molecule has 0 spiro atoms. The van der Waals surface area contributed by atoms with Crippen molar-refractivity contribution in [1.82, 2.24) is 10.2 Å². The minimum absolute atomic E-state index is 0.0547. The molecular weight excluding hydrogens is 436 g/mol. The predicted octanol–water partition coefficient (Wildman–Crippen LogP) is 3.32. The van der Waals surface area contributed by atoms with E-state index in [1.54, 1.807) is 7.11 Å². The largest absolute Gasteiger partial charge is 0.497 e. The summed E-state index contributed by atoms with van der Waals surface area (Å²) >= 11 is 0. The molecule has 1 unspecified atom stereocenters. The van der Waals surface area contributed by atoms with E-state index in [1.807, 2.05) is 47.4 Å². The van der Waals surface area contributed by atoms with Gasteiger partial charge in [0.15, 0.2) is 11.5 Å². The predicted molar refractivity (Wildman–Crippen MR) is 124 cm³/mol. The number of benzene rings is 2. The summed E-state index contributed by atoms with van der Waals surface area (Å²) in [7, 11) is 1.60. The van der Waals surface area contributed by atoms with Gasteiger partial charge >= 0.3 is 5.97 Å². The zero-order chi connectivity index (χ0) is 23.7. The molecule has 180 valence electrons. The van der Waals surface area contributed by atoms with Crippen molar-refractivity contribution in [3.05, 3.63) is 53.6 Å². The van der Waals surface area contributed by atoms with E-state index in [2.05, 4.69) is 5.32 Å². The lowest BCUT2D eigenvalue weighted by molar-refractivity contribution is -0.143. The number of carboxylic acid groups (broad SMARTS) is 1. The van der Waals surface area contributed by atoms with Crippen LogP contribution in [0.15, 0.2) is 42.5 Å². The fourth-order valence-electron chi connectivity index (χ4n) is 5.60. The third kappa shape index (κ3) is 4.42. The van der Waals surface area contributed by atoms with Crippen molar-refractivity contribution in [3.8, 4) is 17.2 Å². The van der Waals surface area contributed by atoms with Gasteiger partial charge in [0.05, 0.1) is 19.6 Å². The summed E-state index contributed by atoms with van der Waals surface area (Å²) in [5, 5.41) is 13.5. The van der Waals surface area contributed by atoms with Crippen LogP contribution < -0.4 is 19.5 Å². The van der Waals surface area contributed by atoms with E-state index in [0.717, 1.165) is 36.8 Å². The molecule has 34 heavy (non-hydrogen) atoms. The molecule has 5 rings (SSSR count). The molecule has 2 heterocycles. The first kappa shape index (κ1) is 22.5. The summed E-state index contributed by atoms with van der Waals surface area (Å²) in [6.07, 6.45) is 4.28. The standard InChI is InChI=1S/C26H30N2O6/c1-32-19-9-6-16(7-10-19)25-24(26(30)31)20(17-8-11-21-22(12-17)34-15-33-21)13-28(25)14-23(29)27-18-4-2-3-5-18/h6-12,18,20,24-25H,2-5,13-15H2,1H3,(H,27,29)(H,30,31)/t20?,24-,25+/m0/s1. The van der Waals surface area contributed by atoms with Crippen LogP contribution in [0.1, 0.15) is 48.8 Å². The molecule has 1 aliphatic carbocycles. The quantitative estimate of drug-likeness (QED) is 0.646. The Labute approximate surface area is 198 Å². The highest BCUT2D eigenvalue weighted by Gasteiger charge is 2.48. The van der Waals surface area contributed by atoms with E-state index in [-0.39, 0.29) is 31.2 Å². The van der Waals surface area contributed by atoms with Gasteiger partial charge in [-0.3, -0.25) is 14.5 Å². The number of aliphatic carboxylic acids is 1. The third-order valence-corrected chi connectivity index (χ3v) is 7.23. The highest BCUT2D eigenvalue weighted by Crippen LogP contribution is 2.47. The number of hydrogen-bond donors (Lipinski definition) is 2. The van der Waals surface area contributed by atoms with Crippen molar-refractivity contribution in [2.75, 3.05) is 27.0 Å². The molecule has 2 aromatic rings. The second-order valence-electron chi connectivity index (χ2n) is 9.28. The van der Waals surface area contributed by atoms with Crippen LogP contribution in [0.5, 0.6) is 17.2 Å². The zero-order valence-electron chi connectivity index (χ0n) is 19.2. The number of carbonyl (C=O) groups excluding carboxylic acids is 1. The molecule has 1 saturated heterocycles. The maximum Gasteiger partial charge on any atom is 0.309 e. The first-order chi connectivity index (χ1) is 16.5. The fraction of sp³-hybridized carbons (Fsp3) is 0.462. The highest BCUT2D eigenvalue weighted by atomic mass is 16.7. The molecule has 0 bridgehead atoms. The van der Waals surface area contributed by atoms with Gasteiger partial charge in [0.1, 0.15) is 5.75 Å². The number of fused-ring (bicyclic) bond motifs is 1. The monoisotopic (exact) mass is 466 g/mol. The summed E-state index contributed by atoms with van der Waals surface area (Å²) in [6.45, 7) is 0.761. The van der Waals surface area contributed by atoms with Gasteiger partial charge in [-0.1, -0.05) is 31.0 Å². The van der Waals surface area contributed by atoms with E-state index in [9.17, 15) is 14.7 Å². The van der Waals surface area contributed by atoms with Gasteiger partial charge in [-0.05, 0) is 48.2 Å². The minimum Gasteiger partial charge on any atom is -0.497 e. The Morgan fingerprint density at radius 2 is 1.76 bits per heavy atom. The van der Waals surface area contributed by atoms with Gasteiger partial charge in [0.2, 0.25) is 12.7 Å². The molecule has 2 fully saturated rings. The Morgan fingerprint density at radius 1 is 1.06 bits per heavy atom. The van der Waals surface area contributed by atoms with Crippen molar-refractivity contribution >= 4 is 11.9 Å². The van der Waals surface area contributed by atoms with Gasteiger partial charge in [-0.15, -0.1) is 0 Å². The SMILES string of the molecule is COc1ccc([C@@H]2[C@@H](C(=O)O)C(c3ccc4c(c3)OCO4)CN2CC(=O)NC2CCCC2)cc1. The maximum absolute atomic E-state index is 12.9. The number of carboxylic acids is 1. The Balaban J connectivity index is 1.46. The number of rotatable bonds is 7. The molecular formula is C26H30N2O6. The van der Waals surface area contributed by atoms with Crippen LogP contribution in [-0.2, 0) is 9.59 Å². The number of nitrogens with one attached hydrogen (secondary N) is 1. The second kappa shape index (κ2) is 9.54. The fourth-order valence-corrected chi connectivity index (χ4v) is 5.60. The molecule has 2 aromatic carbocycles. The van der Waals surface area contributed by atoms with Crippen LogP contribution >= 0.6 is 0 Å². The summed E-state index contributed by atoms with van der Waals surface area (Å²) in [6, 6.07) is 12.8. The molecule has 0 aromatic heterocycles. The van der Waals surface area contributed by atoms with Gasteiger partial charge in [0.25, 0.3) is 0 Å². The van der Waals surface area contributed by atoms with Crippen molar-refractivity contribution in [2.24, 2.45) is 5.92 Å². The van der Waals surface area contributed by atoms with Gasteiger partial charge in [-0.2, -0.15) is 0 Å². The number of likely N-dealkylation sites (tertiary alicyclic amines) is 1. The Bertz CT molecular complexity index is 1050. The zero-order valence-corrected chi connectivity index (χ0v) is 19.2. The van der Waals surface area contributed by atoms with Crippen molar-refractivity contribution in [3.63, 3.8) is 0 Å². The maximum atomic E-state index is 12.9. The molecule has 1 amide bonds. The van der Waals surface area contributed by atoms with E-state index in [1.165, 1.54) is 0 Å². The minimum atomic E-state index is -0.887. The molecule has 8 nitrogen and oxygen atoms in total. The lowest BCUT2D eigenvalue weighted by atomic mass is 9.82. The van der Waals surface area contributed by atoms with Crippen LogP contribution in [0.25, 0.3) is 0 Å². The smallest absolute Gasteiger partial charge is 0.309 e. The average Bonchev–Trinajstić information content (AvgIpc) is 3.58. The molecule has 2 aliphatic heterocycles. The van der Waals surface area contributed by atoms with E-state index < -0.39 is 17.9 Å². The molecule has 1 saturated carbocycles. The summed E-state index contributed by atoms with van der Waals surface area (Å²) in [5.41, 5.74) is 1.72. The number of amides is 1. The molecule has 3 aliphatic rings. The summed E-state index contributed by atoms with van der Waals surface area (Å²) in [5.74, 6) is 0.00848. The molecule has 2 N–H and O–H groups in total. The van der Waals surface area contributed by atoms with Crippen molar-refractivity contribution in [1.29, 1.82) is 0 Å². The van der Waals surface area contributed by atoms with Crippen LogP contribution in [0, 0.1) is 5.92 Å². The highest BCUT2D eigenvalue weighted by molar-refractivity contribution is 5.79. The van der Waals surface area contributed by atoms with E-state index in [0.29, 0.717) is 23.8 Å². The van der Waals surface area contributed by atoms with Crippen molar-refractivity contribution < 1.29 is 28.9 Å². The van der Waals surface area contributed by atoms with Gasteiger partial charge in [-0.25, -0.2) is 0 Å². The first-order valence-electron chi connectivity index (χ1n) is 11.8. The van der Waals surface area contributed by atoms with Crippen molar-refractivity contribution in [2.45, 2.75) is 43.7 Å². The second-order valence-corrected chi connectivity index (χ2v) is 9.28. The molecule has 3 atom stereocenters. The molecule has 0 radical (unpaired) electrons. The van der Waals surface area contributed by atoms with E-state index in [4.69, 9.17) is 14.2 Å². The Kier molecular flexibility index (Phi) is 6.32. The lowest BCUT2D eigenvalue weighted by Crippen LogP contribution is -2.41. The van der Waals surface area contributed by atoms with Gasteiger partial charge in [0, 0.05) is 24.5 Å². The number of nitrogens with zero attached hydrogens (tertiary/aromatic N) is 1. The normalized spacial score (nSPS) is 24.3. The average molecular weight is 467 g/mol. The Morgan fingerprint density at radius 3 is 2.47 bits per heavy atom. The lowest BCUT2D eigenvalue weighted by Gasteiger charge is -2.27. The number of methoxy groups -OCH3 is 1. The van der Waals surface area contributed by atoms with Crippen LogP contribution in [-0.4, -0.2) is 54.9 Å².